The summed E-state index contributed by atoms with van der Waals surface area (Å²) in [4.78, 5) is 4.75. The topological polar surface area (TPSA) is 54.9 Å². The third-order valence-electron chi connectivity index (χ3n) is 5.36. The van der Waals surface area contributed by atoms with Gasteiger partial charge in [-0.05, 0) is 49.4 Å². The van der Waals surface area contributed by atoms with Crippen LogP contribution in [0.15, 0.2) is 59.6 Å². The van der Waals surface area contributed by atoms with Crippen molar-refractivity contribution >= 4 is 5.96 Å². The first kappa shape index (κ1) is 18.8. The maximum absolute atomic E-state index is 5.94. The number of rotatable bonds is 7. The fourth-order valence-corrected chi connectivity index (χ4v) is 3.89. The van der Waals surface area contributed by atoms with Crippen LogP contribution in [0.5, 0.6) is 5.75 Å². The van der Waals surface area contributed by atoms with Crippen molar-refractivity contribution in [3.05, 3.63) is 65.7 Å². The third-order valence-corrected chi connectivity index (χ3v) is 5.36. The fraction of sp³-hybridized carbons (Fsp3) is 0.435. The molecule has 0 aromatic heterocycles. The molecule has 2 N–H and O–H groups in total. The average Bonchev–Trinajstić information content (AvgIpc) is 3.35. The van der Waals surface area contributed by atoms with E-state index in [0.717, 1.165) is 36.7 Å². The molecule has 3 atom stereocenters. The molecule has 0 radical (unpaired) electrons. The molecule has 2 bridgehead atoms. The molecule has 0 saturated carbocycles. The molecule has 2 saturated heterocycles. The standard InChI is InChI=1S/C23H29N3O2/c1-2-24-23(26-21-14-20-12-13-22(21)28-20)25-15-17-8-10-19(11-9-17)27-16-18-6-4-3-5-7-18/h3-11,20-22H,2,12-16H2,1H3,(H2,24,25,26). The maximum Gasteiger partial charge on any atom is 0.191 e. The summed E-state index contributed by atoms with van der Waals surface area (Å²) >= 11 is 0. The largest absolute Gasteiger partial charge is 0.489 e. The predicted molar refractivity (Wildman–Crippen MR) is 111 cm³/mol. The van der Waals surface area contributed by atoms with E-state index in [1.165, 1.54) is 12.0 Å². The van der Waals surface area contributed by atoms with Crippen LogP contribution >= 0.6 is 0 Å². The predicted octanol–water partition coefficient (Wildman–Crippen LogP) is 3.64. The highest BCUT2D eigenvalue weighted by Gasteiger charge is 2.41. The van der Waals surface area contributed by atoms with Crippen molar-refractivity contribution in [2.24, 2.45) is 4.99 Å². The molecule has 5 nitrogen and oxygen atoms in total. The van der Waals surface area contributed by atoms with E-state index in [-0.39, 0.29) is 0 Å². The molecule has 2 heterocycles. The van der Waals surface area contributed by atoms with Crippen molar-refractivity contribution < 1.29 is 9.47 Å². The first-order valence-electron chi connectivity index (χ1n) is 10.3. The van der Waals surface area contributed by atoms with Crippen LogP contribution in [0.3, 0.4) is 0 Å². The van der Waals surface area contributed by atoms with E-state index in [1.54, 1.807) is 0 Å². The molecule has 2 aromatic carbocycles. The van der Waals surface area contributed by atoms with E-state index in [9.17, 15) is 0 Å². The van der Waals surface area contributed by atoms with Gasteiger partial charge in [0.1, 0.15) is 12.4 Å². The summed E-state index contributed by atoms with van der Waals surface area (Å²) < 4.78 is 11.8. The third kappa shape index (κ3) is 4.84. The minimum Gasteiger partial charge on any atom is -0.489 e. The van der Waals surface area contributed by atoms with Crippen LogP contribution < -0.4 is 15.4 Å². The number of ether oxygens (including phenoxy) is 2. The van der Waals surface area contributed by atoms with Crippen molar-refractivity contribution in [3.8, 4) is 5.75 Å². The van der Waals surface area contributed by atoms with Crippen LogP contribution in [0.4, 0.5) is 0 Å². The van der Waals surface area contributed by atoms with E-state index in [0.29, 0.717) is 31.4 Å². The van der Waals surface area contributed by atoms with Crippen molar-refractivity contribution in [2.45, 2.75) is 57.6 Å². The highest BCUT2D eigenvalue weighted by Crippen LogP contribution is 2.34. The lowest BCUT2D eigenvalue weighted by Gasteiger charge is -2.22. The number of guanidine groups is 1. The summed E-state index contributed by atoms with van der Waals surface area (Å²) in [6, 6.07) is 18.8. The second-order valence-corrected chi connectivity index (χ2v) is 7.47. The number of nitrogens with zero attached hydrogens (tertiary/aromatic N) is 1. The number of hydrogen-bond acceptors (Lipinski definition) is 3. The minimum atomic E-state index is 0.343. The summed E-state index contributed by atoms with van der Waals surface area (Å²) in [5.41, 5.74) is 2.33. The van der Waals surface area contributed by atoms with E-state index in [1.807, 2.05) is 30.3 Å². The monoisotopic (exact) mass is 379 g/mol. The average molecular weight is 380 g/mol. The number of nitrogens with one attached hydrogen (secondary N) is 2. The maximum atomic E-state index is 5.94. The molecule has 3 unspecified atom stereocenters. The SMILES string of the molecule is CCNC(=NCc1ccc(OCc2ccccc2)cc1)NC1CC2CCC1O2. The molecule has 148 valence electrons. The van der Waals surface area contributed by atoms with Gasteiger partial charge in [-0.2, -0.15) is 0 Å². The number of hydrogen-bond donors (Lipinski definition) is 2. The molecule has 28 heavy (non-hydrogen) atoms. The number of aliphatic imine (C=N–C) groups is 1. The highest BCUT2D eigenvalue weighted by atomic mass is 16.5. The number of benzene rings is 2. The lowest BCUT2D eigenvalue weighted by molar-refractivity contribution is 0.0992. The summed E-state index contributed by atoms with van der Waals surface area (Å²) in [6.45, 7) is 4.15. The first-order valence-corrected chi connectivity index (χ1v) is 10.3. The van der Waals surface area contributed by atoms with Crippen molar-refractivity contribution in [3.63, 3.8) is 0 Å². The van der Waals surface area contributed by atoms with Crippen molar-refractivity contribution in [1.82, 2.24) is 10.6 Å². The summed E-state index contributed by atoms with van der Waals surface area (Å²) in [5.74, 6) is 1.74. The molecular formula is C23H29N3O2. The summed E-state index contributed by atoms with van der Waals surface area (Å²) in [6.07, 6.45) is 4.23. The van der Waals surface area contributed by atoms with Crippen LogP contribution in [-0.2, 0) is 17.9 Å². The van der Waals surface area contributed by atoms with Crippen LogP contribution in [-0.4, -0.2) is 30.8 Å². The van der Waals surface area contributed by atoms with Crippen molar-refractivity contribution in [1.29, 1.82) is 0 Å². The molecule has 0 spiro atoms. The molecule has 2 aliphatic heterocycles. The Morgan fingerprint density at radius 2 is 1.89 bits per heavy atom. The molecule has 4 rings (SSSR count). The van der Waals surface area contributed by atoms with Gasteiger partial charge in [-0.1, -0.05) is 42.5 Å². The zero-order chi connectivity index (χ0) is 19.2. The fourth-order valence-electron chi connectivity index (χ4n) is 3.89. The van der Waals surface area contributed by atoms with Gasteiger partial charge in [0.15, 0.2) is 5.96 Å². The van der Waals surface area contributed by atoms with Gasteiger partial charge in [-0.3, -0.25) is 0 Å². The molecule has 0 amide bonds. The van der Waals surface area contributed by atoms with Crippen molar-refractivity contribution in [2.75, 3.05) is 6.54 Å². The molecule has 2 fully saturated rings. The zero-order valence-electron chi connectivity index (χ0n) is 16.4. The van der Waals surface area contributed by atoms with Gasteiger partial charge in [-0.25, -0.2) is 4.99 Å². The Balaban J connectivity index is 1.30. The van der Waals surface area contributed by atoms with Crippen LogP contribution in [0.25, 0.3) is 0 Å². The molecule has 2 aliphatic rings. The Morgan fingerprint density at radius 1 is 1.07 bits per heavy atom. The Hall–Kier alpha value is -2.53. The van der Waals surface area contributed by atoms with E-state index in [2.05, 4.69) is 41.8 Å². The minimum absolute atomic E-state index is 0.343. The summed E-state index contributed by atoms with van der Waals surface area (Å²) in [5, 5.41) is 6.91. The smallest absolute Gasteiger partial charge is 0.191 e. The van der Waals surface area contributed by atoms with Crippen LogP contribution in [0.1, 0.15) is 37.3 Å². The molecule has 2 aromatic rings. The van der Waals surface area contributed by atoms with Gasteiger partial charge in [0.05, 0.1) is 24.8 Å². The quantitative estimate of drug-likeness (QED) is 0.570. The van der Waals surface area contributed by atoms with E-state index >= 15 is 0 Å². The Labute approximate surface area is 167 Å². The molecule has 5 heteroatoms. The lowest BCUT2D eigenvalue weighted by Crippen LogP contribution is -2.47. The molecule has 0 aliphatic carbocycles. The van der Waals surface area contributed by atoms with Gasteiger partial charge in [0.25, 0.3) is 0 Å². The molecular weight excluding hydrogens is 350 g/mol. The Morgan fingerprint density at radius 3 is 2.57 bits per heavy atom. The lowest BCUT2D eigenvalue weighted by atomic mass is 9.96. The van der Waals surface area contributed by atoms with Gasteiger partial charge in [0.2, 0.25) is 0 Å². The van der Waals surface area contributed by atoms with Gasteiger partial charge >= 0.3 is 0 Å². The zero-order valence-corrected chi connectivity index (χ0v) is 16.4. The highest BCUT2D eigenvalue weighted by molar-refractivity contribution is 5.80. The van der Waals surface area contributed by atoms with Gasteiger partial charge < -0.3 is 20.1 Å². The van der Waals surface area contributed by atoms with Gasteiger partial charge in [-0.15, -0.1) is 0 Å². The normalized spacial score (nSPS) is 23.6. The second-order valence-electron chi connectivity index (χ2n) is 7.47. The van der Waals surface area contributed by atoms with Crippen LogP contribution in [0, 0.1) is 0 Å². The number of fused-ring (bicyclic) bond motifs is 2. The summed E-state index contributed by atoms with van der Waals surface area (Å²) in [7, 11) is 0. The first-order chi connectivity index (χ1) is 13.8. The van der Waals surface area contributed by atoms with Crippen LogP contribution in [0.2, 0.25) is 0 Å². The van der Waals surface area contributed by atoms with E-state index < -0.39 is 0 Å². The second kappa shape index (κ2) is 9.11. The van der Waals surface area contributed by atoms with Gasteiger partial charge in [0, 0.05) is 6.54 Å². The van der Waals surface area contributed by atoms with E-state index in [4.69, 9.17) is 14.5 Å². The Kier molecular flexibility index (Phi) is 6.12. The Bertz CT molecular complexity index is 776.